The lowest BCUT2D eigenvalue weighted by molar-refractivity contribution is -0.137. The van der Waals surface area contributed by atoms with Gasteiger partial charge in [-0.3, -0.25) is 0 Å². The van der Waals surface area contributed by atoms with Gasteiger partial charge in [0.1, 0.15) is 5.82 Å². The summed E-state index contributed by atoms with van der Waals surface area (Å²) in [6.07, 6.45) is -1.11. The van der Waals surface area contributed by atoms with Crippen LogP contribution in [-0.4, -0.2) is 9.55 Å². The van der Waals surface area contributed by atoms with Gasteiger partial charge < -0.3 is 4.57 Å². The Morgan fingerprint density at radius 1 is 1.40 bits per heavy atom. The Labute approximate surface area is 118 Å². The Balaban J connectivity index is 2.22. The lowest BCUT2D eigenvalue weighted by Gasteiger charge is -2.10. The van der Waals surface area contributed by atoms with Crippen LogP contribution in [0.4, 0.5) is 13.2 Å². The normalized spacial score (nSPS) is 11.3. The molecule has 0 fully saturated rings. The maximum atomic E-state index is 12.8. The van der Waals surface area contributed by atoms with Gasteiger partial charge in [0.25, 0.3) is 0 Å². The van der Waals surface area contributed by atoms with E-state index < -0.39 is 11.7 Å². The number of hydrogen-bond donors (Lipinski definition) is 0. The number of rotatable bonds is 3. The predicted octanol–water partition coefficient (Wildman–Crippen LogP) is 3.60. The Morgan fingerprint density at radius 3 is 2.70 bits per heavy atom. The number of benzene rings is 1. The molecule has 0 bridgehead atoms. The van der Waals surface area contributed by atoms with Crippen molar-refractivity contribution in [3.8, 4) is 6.07 Å². The van der Waals surface area contributed by atoms with Crippen molar-refractivity contribution in [3.63, 3.8) is 0 Å². The van der Waals surface area contributed by atoms with Crippen LogP contribution in [0.3, 0.4) is 0 Å². The molecular formula is C13H10F3N3S. The lowest BCUT2D eigenvalue weighted by atomic mass is 10.1. The Morgan fingerprint density at radius 2 is 2.15 bits per heavy atom. The summed E-state index contributed by atoms with van der Waals surface area (Å²) in [7, 11) is 1.82. The summed E-state index contributed by atoms with van der Waals surface area (Å²) < 4.78 is 40.3. The average Bonchev–Trinajstić information content (AvgIpc) is 2.80. The zero-order valence-corrected chi connectivity index (χ0v) is 11.3. The van der Waals surface area contributed by atoms with E-state index in [0.29, 0.717) is 10.6 Å². The standard InChI is InChI=1S/C13H10F3N3S/c1-19-5-4-18-12(19)8-20-10-3-2-9(7-17)11(6-10)13(14,15)16/h2-6H,8H2,1H3. The molecule has 0 N–H and O–H groups in total. The van der Waals surface area contributed by atoms with Gasteiger partial charge in [-0.05, 0) is 18.2 Å². The van der Waals surface area contributed by atoms with Gasteiger partial charge >= 0.3 is 6.18 Å². The van der Waals surface area contributed by atoms with E-state index in [0.717, 1.165) is 11.9 Å². The van der Waals surface area contributed by atoms with Crippen molar-refractivity contribution in [1.29, 1.82) is 5.26 Å². The van der Waals surface area contributed by atoms with Gasteiger partial charge in [0.2, 0.25) is 0 Å². The molecule has 1 aromatic heterocycles. The van der Waals surface area contributed by atoms with Crippen LogP contribution < -0.4 is 0 Å². The van der Waals surface area contributed by atoms with E-state index in [-0.39, 0.29) is 5.56 Å². The van der Waals surface area contributed by atoms with Crippen LogP contribution in [-0.2, 0) is 19.0 Å². The average molecular weight is 297 g/mol. The monoisotopic (exact) mass is 297 g/mol. The zero-order chi connectivity index (χ0) is 14.8. The summed E-state index contributed by atoms with van der Waals surface area (Å²) in [6, 6.07) is 5.28. The molecule has 104 valence electrons. The van der Waals surface area contributed by atoms with Crippen LogP contribution >= 0.6 is 11.8 Å². The van der Waals surface area contributed by atoms with Crippen LogP contribution in [0, 0.1) is 11.3 Å². The number of hydrogen-bond acceptors (Lipinski definition) is 3. The summed E-state index contributed by atoms with van der Waals surface area (Å²) in [4.78, 5) is 4.56. The molecule has 0 spiro atoms. The Kier molecular flexibility index (Phi) is 4.04. The molecule has 7 heteroatoms. The number of alkyl halides is 3. The van der Waals surface area contributed by atoms with Crippen LogP contribution in [0.1, 0.15) is 17.0 Å². The minimum absolute atomic E-state index is 0.362. The van der Waals surface area contributed by atoms with Crippen molar-refractivity contribution in [1.82, 2.24) is 9.55 Å². The van der Waals surface area contributed by atoms with Crippen molar-refractivity contribution in [3.05, 3.63) is 47.5 Å². The molecule has 0 radical (unpaired) electrons. The molecule has 0 saturated heterocycles. The SMILES string of the molecule is Cn1ccnc1CSc1ccc(C#N)c(C(F)(F)F)c1. The highest BCUT2D eigenvalue weighted by molar-refractivity contribution is 7.98. The highest BCUT2D eigenvalue weighted by atomic mass is 32.2. The molecule has 2 aromatic rings. The number of imidazole rings is 1. The summed E-state index contributed by atoms with van der Waals surface area (Å²) in [5, 5.41) is 8.72. The third-order valence-corrected chi connectivity index (χ3v) is 3.70. The Hall–Kier alpha value is -1.94. The number of halogens is 3. The van der Waals surface area contributed by atoms with Crippen molar-refractivity contribution < 1.29 is 13.2 Å². The summed E-state index contributed by atoms with van der Waals surface area (Å²) >= 11 is 1.25. The van der Waals surface area contributed by atoms with E-state index in [1.807, 2.05) is 7.05 Å². The smallest absolute Gasteiger partial charge is 0.337 e. The molecule has 0 unspecified atom stereocenters. The topological polar surface area (TPSA) is 41.6 Å². The van der Waals surface area contributed by atoms with E-state index in [9.17, 15) is 13.2 Å². The first kappa shape index (κ1) is 14.5. The number of nitriles is 1. The fourth-order valence-electron chi connectivity index (χ4n) is 1.63. The molecule has 1 heterocycles. The first-order valence-corrected chi connectivity index (χ1v) is 6.60. The van der Waals surface area contributed by atoms with Crippen molar-refractivity contribution in [2.45, 2.75) is 16.8 Å². The third kappa shape index (κ3) is 3.14. The van der Waals surface area contributed by atoms with Crippen molar-refractivity contribution in [2.24, 2.45) is 7.05 Å². The minimum atomic E-state index is -4.52. The predicted molar refractivity (Wildman–Crippen MR) is 68.9 cm³/mol. The first-order chi connectivity index (χ1) is 9.41. The third-order valence-electron chi connectivity index (χ3n) is 2.71. The van der Waals surface area contributed by atoms with E-state index >= 15 is 0 Å². The fourth-order valence-corrected chi connectivity index (χ4v) is 2.57. The van der Waals surface area contributed by atoms with Crippen LogP contribution in [0.15, 0.2) is 35.5 Å². The molecule has 0 aliphatic carbocycles. The van der Waals surface area contributed by atoms with E-state index in [2.05, 4.69) is 4.98 Å². The molecule has 20 heavy (non-hydrogen) atoms. The summed E-state index contributed by atoms with van der Waals surface area (Å²) in [6.45, 7) is 0. The van der Waals surface area contributed by atoms with Gasteiger partial charge in [0.15, 0.2) is 0 Å². The lowest BCUT2D eigenvalue weighted by Crippen LogP contribution is -2.07. The zero-order valence-electron chi connectivity index (χ0n) is 10.5. The van der Waals surface area contributed by atoms with Gasteiger partial charge in [0, 0.05) is 24.3 Å². The highest BCUT2D eigenvalue weighted by Crippen LogP contribution is 2.35. The molecule has 3 nitrogen and oxygen atoms in total. The fraction of sp³-hybridized carbons (Fsp3) is 0.231. The molecule has 0 atom stereocenters. The largest absolute Gasteiger partial charge is 0.417 e. The van der Waals surface area contributed by atoms with Crippen molar-refractivity contribution >= 4 is 11.8 Å². The quantitative estimate of drug-likeness (QED) is 0.813. The second-order valence-electron chi connectivity index (χ2n) is 4.06. The second-order valence-corrected chi connectivity index (χ2v) is 5.11. The van der Waals surface area contributed by atoms with E-state index in [1.54, 1.807) is 23.0 Å². The Bertz CT molecular complexity index is 656. The van der Waals surface area contributed by atoms with Crippen LogP contribution in [0.25, 0.3) is 0 Å². The van der Waals surface area contributed by atoms with Crippen LogP contribution in [0.2, 0.25) is 0 Å². The number of nitrogens with zero attached hydrogens (tertiary/aromatic N) is 3. The van der Waals surface area contributed by atoms with Gasteiger partial charge in [-0.15, -0.1) is 11.8 Å². The number of aromatic nitrogens is 2. The molecule has 1 aromatic carbocycles. The molecule has 0 amide bonds. The van der Waals surface area contributed by atoms with E-state index in [4.69, 9.17) is 5.26 Å². The number of aryl methyl sites for hydroxylation is 1. The van der Waals surface area contributed by atoms with Gasteiger partial charge in [-0.2, -0.15) is 18.4 Å². The molecule has 2 rings (SSSR count). The molecular weight excluding hydrogens is 287 g/mol. The van der Waals surface area contributed by atoms with E-state index in [1.165, 1.54) is 23.9 Å². The first-order valence-electron chi connectivity index (χ1n) is 5.62. The maximum Gasteiger partial charge on any atom is 0.417 e. The summed E-state index contributed by atoms with van der Waals surface area (Å²) in [5.74, 6) is 1.24. The van der Waals surface area contributed by atoms with Gasteiger partial charge in [0.05, 0.1) is 22.9 Å². The number of thioether (sulfide) groups is 1. The summed E-state index contributed by atoms with van der Waals surface area (Å²) in [5.41, 5.74) is -1.26. The van der Waals surface area contributed by atoms with Crippen LogP contribution in [0.5, 0.6) is 0 Å². The molecule has 0 saturated carbocycles. The highest BCUT2D eigenvalue weighted by Gasteiger charge is 2.33. The van der Waals surface area contributed by atoms with Gasteiger partial charge in [-0.25, -0.2) is 4.98 Å². The maximum absolute atomic E-state index is 12.8. The van der Waals surface area contributed by atoms with Gasteiger partial charge in [-0.1, -0.05) is 0 Å². The minimum Gasteiger partial charge on any atom is -0.337 e. The molecule has 0 aliphatic rings. The second kappa shape index (κ2) is 5.59. The molecule has 0 aliphatic heterocycles. The van der Waals surface area contributed by atoms with Crippen molar-refractivity contribution in [2.75, 3.05) is 0 Å².